The van der Waals surface area contributed by atoms with Crippen LogP contribution in [0.1, 0.15) is 0 Å². The largest absolute Gasteiger partial charge is 0.396 e. The van der Waals surface area contributed by atoms with Crippen molar-refractivity contribution in [1.82, 2.24) is 18.9 Å². The van der Waals surface area contributed by atoms with Crippen LogP contribution in [-0.4, -0.2) is 18.9 Å². The molecule has 0 radical (unpaired) electrons. The summed E-state index contributed by atoms with van der Waals surface area (Å²) in [6.07, 6.45) is 4.62. The number of nitrogen functional groups attached to an aromatic ring is 1. The van der Waals surface area contributed by atoms with E-state index in [0.29, 0.717) is 12.2 Å². The molecule has 2 N–H and O–H groups in total. The lowest BCUT2D eigenvalue weighted by Crippen LogP contribution is -2.38. The van der Waals surface area contributed by atoms with E-state index in [1.807, 2.05) is 0 Å². The molecule has 0 aliphatic rings. The van der Waals surface area contributed by atoms with Crippen molar-refractivity contribution in [3.63, 3.8) is 0 Å². The Hall–Kier alpha value is -2.31. The van der Waals surface area contributed by atoms with E-state index < -0.39 is 0 Å². The molecule has 0 unspecified atom stereocenters. The molecule has 0 saturated heterocycles. The van der Waals surface area contributed by atoms with Gasteiger partial charge in [-0.3, -0.25) is 14.0 Å². The zero-order chi connectivity index (χ0) is 12.4. The minimum absolute atomic E-state index is 0.271. The number of aromatic nitrogens is 4. The van der Waals surface area contributed by atoms with Crippen LogP contribution in [0.3, 0.4) is 0 Å². The third kappa shape index (κ3) is 2.27. The molecule has 7 nitrogen and oxygen atoms in total. The van der Waals surface area contributed by atoms with E-state index in [-0.39, 0.29) is 17.8 Å². The van der Waals surface area contributed by atoms with Gasteiger partial charge in [-0.25, -0.2) is 4.79 Å². The molecule has 2 heterocycles. The molecule has 0 saturated carbocycles. The van der Waals surface area contributed by atoms with Crippen LogP contribution in [0.4, 0.5) is 5.69 Å². The van der Waals surface area contributed by atoms with Crippen LogP contribution in [-0.2, 0) is 20.1 Å². The third-order valence-electron chi connectivity index (χ3n) is 2.45. The first-order chi connectivity index (χ1) is 8.08. The van der Waals surface area contributed by atoms with Crippen molar-refractivity contribution in [3.8, 4) is 0 Å². The van der Waals surface area contributed by atoms with Crippen LogP contribution >= 0.6 is 0 Å². The summed E-state index contributed by atoms with van der Waals surface area (Å²) < 4.78 is 4.12. The van der Waals surface area contributed by atoms with E-state index in [9.17, 15) is 9.59 Å². The first kappa shape index (κ1) is 11.2. The van der Waals surface area contributed by atoms with Crippen molar-refractivity contribution < 1.29 is 0 Å². The number of anilines is 1. The van der Waals surface area contributed by atoms with Gasteiger partial charge in [-0.05, 0) is 0 Å². The van der Waals surface area contributed by atoms with Crippen molar-refractivity contribution >= 4 is 5.69 Å². The second kappa shape index (κ2) is 4.28. The molecule has 0 aliphatic carbocycles. The summed E-state index contributed by atoms with van der Waals surface area (Å²) in [6, 6.07) is 1.36. The first-order valence-corrected chi connectivity index (χ1v) is 5.12. The van der Waals surface area contributed by atoms with Gasteiger partial charge in [0.25, 0.3) is 5.56 Å². The summed E-state index contributed by atoms with van der Waals surface area (Å²) in [5.74, 6) is 0. The van der Waals surface area contributed by atoms with E-state index in [0.717, 1.165) is 4.57 Å². The molecule has 2 aromatic heterocycles. The van der Waals surface area contributed by atoms with Crippen LogP contribution in [0, 0.1) is 0 Å². The standard InChI is InChI=1S/C10H13N5O2/c1-13-3-2-9(16)15(10(13)17)5-4-14-7-8(11)6-12-14/h2-3,6-7H,4-5,11H2,1H3. The van der Waals surface area contributed by atoms with Crippen LogP contribution in [0.15, 0.2) is 34.2 Å². The van der Waals surface area contributed by atoms with Gasteiger partial charge in [0.1, 0.15) is 0 Å². The number of rotatable bonds is 3. The highest BCUT2D eigenvalue weighted by Gasteiger charge is 2.03. The van der Waals surface area contributed by atoms with Crippen molar-refractivity contribution in [2.24, 2.45) is 7.05 Å². The summed E-state index contributed by atoms with van der Waals surface area (Å²) >= 11 is 0. The number of hydrogen-bond acceptors (Lipinski definition) is 4. The predicted molar refractivity (Wildman–Crippen MR) is 62.6 cm³/mol. The number of aryl methyl sites for hydroxylation is 2. The number of nitrogens with zero attached hydrogens (tertiary/aromatic N) is 4. The van der Waals surface area contributed by atoms with Crippen LogP contribution < -0.4 is 17.0 Å². The van der Waals surface area contributed by atoms with E-state index in [1.165, 1.54) is 23.0 Å². The van der Waals surface area contributed by atoms with Crippen LogP contribution in [0.25, 0.3) is 0 Å². The third-order valence-corrected chi connectivity index (χ3v) is 2.45. The Kier molecular flexibility index (Phi) is 2.82. The normalized spacial score (nSPS) is 10.6. The van der Waals surface area contributed by atoms with Gasteiger partial charge in [0.2, 0.25) is 0 Å². The maximum Gasteiger partial charge on any atom is 0.330 e. The summed E-state index contributed by atoms with van der Waals surface area (Å²) in [5.41, 5.74) is 5.42. The Morgan fingerprint density at radius 2 is 2.12 bits per heavy atom. The van der Waals surface area contributed by atoms with E-state index in [4.69, 9.17) is 5.73 Å². The van der Waals surface area contributed by atoms with Gasteiger partial charge in [-0.15, -0.1) is 0 Å². The lowest BCUT2D eigenvalue weighted by atomic mass is 10.5. The minimum atomic E-state index is -0.336. The Morgan fingerprint density at radius 3 is 2.76 bits per heavy atom. The molecule has 2 aromatic rings. The van der Waals surface area contributed by atoms with E-state index in [2.05, 4.69) is 5.10 Å². The lowest BCUT2D eigenvalue weighted by molar-refractivity contribution is 0.496. The van der Waals surface area contributed by atoms with Gasteiger partial charge in [0.05, 0.1) is 25.0 Å². The molecule has 0 atom stereocenters. The van der Waals surface area contributed by atoms with Crippen LogP contribution in [0.2, 0.25) is 0 Å². The zero-order valence-electron chi connectivity index (χ0n) is 9.41. The van der Waals surface area contributed by atoms with Gasteiger partial charge in [-0.1, -0.05) is 0 Å². The van der Waals surface area contributed by atoms with Crippen molar-refractivity contribution in [2.75, 3.05) is 5.73 Å². The van der Waals surface area contributed by atoms with Crippen molar-refractivity contribution in [2.45, 2.75) is 13.1 Å². The van der Waals surface area contributed by atoms with E-state index in [1.54, 1.807) is 17.9 Å². The quantitative estimate of drug-likeness (QED) is 0.741. The molecule has 0 amide bonds. The van der Waals surface area contributed by atoms with Gasteiger partial charge >= 0.3 is 5.69 Å². The van der Waals surface area contributed by atoms with Gasteiger partial charge in [-0.2, -0.15) is 5.10 Å². The fraction of sp³-hybridized carbons (Fsp3) is 0.300. The fourth-order valence-corrected chi connectivity index (χ4v) is 1.52. The average molecular weight is 235 g/mol. The summed E-state index contributed by atoms with van der Waals surface area (Å²) in [7, 11) is 1.60. The molecule has 7 heteroatoms. The second-order valence-electron chi connectivity index (χ2n) is 3.74. The fourth-order valence-electron chi connectivity index (χ4n) is 1.52. The summed E-state index contributed by atoms with van der Waals surface area (Å²) in [5, 5.41) is 3.98. The molecular weight excluding hydrogens is 222 g/mol. The second-order valence-corrected chi connectivity index (χ2v) is 3.74. The molecule has 17 heavy (non-hydrogen) atoms. The Labute approximate surface area is 96.7 Å². The van der Waals surface area contributed by atoms with Crippen molar-refractivity contribution in [1.29, 1.82) is 0 Å². The Balaban J connectivity index is 2.22. The monoisotopic (exact) mass is 235 g/mol. The van der Waals surface area contributed by atoms with Gasteiger partial charge in [0.15, 0.2) is 0 Å². The SMILES string of the molecule is Cn1ccc(=O)n(CCn2cc(N)cn2)c1=O. The molecule has 90 valence electrons. The maximum absolute atomic E-state index is 11.7. The lowest BCUT2D eigenvalue weighted by Gasteiger charge is -2.06. The van der Waals surface area contributed by atoms with Crippen molar-refractivity contribution in [3.05, 3.63) is 45.5 Å². The smallest absolute Gasteiger partial charge is 0.330 e. The maximum atomic E-state index is 11.7. The van der Waals surface area contributed by atoms with E-state index >= 15 is 0 Å². The molecule has 0 bridgehead atoms. The first-order valence-electron chi connectivity index (χ1n) is 5.12. The molecule has 0 spiro atoms. The Morgan fingerprint density at radius 1 is 1.35 bits per heavy atom. The minimum Gasteiger partial charge on any atom is -0.396 e. The highest BCUT2D eigenvalue weighted by molar-refractivity contribution is 5.30. The zero-order valence-corrected chi connectivity index (χ0v) is 9.41. The topological polar surface area (TPSA) is 87.8 Å². The average Bonchev–Trinajstić information content (AvgIpc) is 2.70. The van der Waals surface area contributed by atoms with Crippen LogP contribution in [0.5, 0.6) is 0 Å². The number of hydrogen-bond donors (Lipinski definition) is 1. The Bertz CT molecular complexity index is 637. The number of nitrogens with two attached hydrogens (primary N) is 1. The predicted octanol–water partition coefficient (Wildman–Crippen LogP) is -0.974. The molecule has 0 aromatic carbocycles. The summed E-state index contributed by atoms with van der Waals surface area (Å²) in [4.78, 5) is 23.2. The molecule has 2 rings (SSSR count). The molecular formula is C10H13N5O2. The van der Waals surface area contributed by atoms with Gasteiger partial charge < -0.3 is 10.3 Å². The van der Waals surface area contributed by atoms with Gasteiger partial charge in [0, 0.05) is 25.5 Å². The highest BCUT2D eigenvalue weighted by atomic mass is 16.2. The molecule has 0 fully saturated rings. The molecule has 0 aliphatic heterocycles. The highest BCUT2D eigenvalue weighted by Crippen LogP contribution is 1.97. The summed E-state index contributed by atoms with van der Waals surface area (Å²) in [6.45, 7) is 0.698.